The topological polar surface area (TPSA) is 58.2 Å². The lowest BCUT2D eigenvalue weighted by Gasteiger charge is -2.05. The second kappa shape index (κ2) is 6.63. The molecule has 1 unspecified atom stereocenters. The minimum atomic E-state index is -3.98. The molecule has 0 radical (unpaired) electrons. The maximum Gasteiger partial charge on any atom is 0.267 e. The highest BCUT2D eigenvalue weighted by Gasteiger charge is 2.23. The number of nitrogens with zero attached hydrogens (tertiary/aromatic N) is 1. The summed E-state index contributed by atoms with van der Waals surface area (Å²) in [5, 5.41) is 0.356. The van der Waals surface area contributed by atoms with Crippen molar-refractivity contribution in [2.45, 2.75) is 32.1 Å². The van der Waals surface area contributed by atoms with E-state index in [0.717, 1.165) is 21.7 Å². The predicted molar refractivity (Wildman–Crippen MR) is 97.8 cm³/mol. The Hall–Kier alpha value is -1.76. The van der Waals surface area contributed by atoms with Crippen LogP contribution in [-0.4, -0.2) is 18.2 Å². The zero-order valence-corrected chi connectivity index (χ0v) is 15.3. The van der Waals surface area contributed by atoms with Crippen LogP contribution in [0, 0.1) is 6.92 Å². The van der Waals surface area contributed by atoms with Crippen LogP contribution in [0.2, 0.25) is 0 Å². The van der Waals surface area contributed by atoms with Gasteiger partial charge in [-0.25, -0.2) is 0 Å². The van der Waals surface area contributed by atoms with Crippen LogP contribution in [0.4, 0.5) is 0 Å². The molecule has 6 heteroatoms. The lowest BCUT2D eigenvalue weighted by molar-refractivity contribution is -0.673. The van der Waals surface area contributed by atoms with E-state index >= 15 is 0 Å². The van der Waals surface area contributed by atoms with Crippen LogP contribution < -0.4 is 4.57 Å². The summed E-state index contributed by atoms with van der Waals surface area (Å²) in [7, 11) is -3.98. The van der Waals surface area contributed by atoms with Crippen LogP contribution in [0.15, 0.2) is 48.5 Å². The Bertz CT molecular complexity index is 963. The molecule has 0 bridgehead atoms. The molecule has 1 aromatic heterocycles. The van der Waals surface area contributed by atoms with Gasteiger partial charge in [-0.3, -0.25) is 4.55 Å². The lowest BCUT2D eigenvalue weighted by atomic mass is 10.1. The summed E-state index contributed by atoms with van der Waals surface area (Å²) in [6.07, 6.45) is 0.381. The molecule has 4 nitrogen and oxygen atoms in total. The molecule has 3 aromatic rings. The third kappa shape index (κ3) is 3.50. The van der Waals surface area contributed by atoms with E-state index in [1.807, 2.05) is 25.1 Å². The largest absolute Gasteiger partial charge is 0.285 e. The van der Waals surface area contributed by atoms with E-state index in [1.54, 1.807) is 11.3 Å². The maximum atomic E-state index is 11.2. The van der Waals surface area contributed by atoms with Gasteiger partial charge in [-0.2, -0.15) is 13.0 Å². The number of aryl methyl sites for hydroxylation is 2. The summed E-state index contributed by atoms with van der Waals surface area (Å²) >= 11 is 1.69. The van der Waals surface area contributed by atoms with Crippen LogP contribution in [0.25, 0.3) is 21.3 Å². The van der Waals surface area contributed by atoms with Crippen molar-refractivity contribution in [3.63, 3.8) is 0 Å². The molecule has 0 saturated heterocycles. The predicted octanol–water partition coefficient (Wildman–Crippen LogP) is 3.83. The quantitative estimate of drug-likeness (QED) is 0.554. The molecule has 2 aromatic carbocycles. The van der Waals surface area contributed by atoms with Gasteiger partial charge in [-0.1, -0.05) is 47.7 Å². The second-order valence-electron chi connectivity index (χ2n) is 5.94. The standard InChI is InChI=1S/C18H19NO3S2/c1-13(24(20,21)22)10-11-19-14(2)23-18-9-8-16(12-17(18)19)15-6-4-3-5-7-15/h3-9,12-13H,10-11H2,1-2H3/p+1. The summed E-state index contributed by atoms with van der Waals surface area (Å²) < 4.78 is 34.9. The Morgan fingerprint density at radius 2 is 1.83 bits per heavy atom. The number of rotatable bonds is 5. The summed E-state index contributed by atoms with van der Waals surface area (Å²) in [5.41, 5.74) is 3.39. The monoisotopic (exact) mass is 362 g/mol. The fourth-order valence-corrected chi connectivity index (χ4v) is 4.18. The average molecular weight is 362 g/mol. The Kier molecular flexibility index (Phi) is 4.71. The lowest BCUT2D eigenvalue weighted by Crippen LogP contribution is -2.37. The van der Waals surface area contributed by atoms with E-state index in [4.69, 9.17) is 4.55 Å². The number of aromatic nitrogens is 1. The Morgan fingerprint density at radius 3 is 2.50 bits per heavy atom. The Balaban J connectivity index is 1.97. The Labute approximate surface area is 146 Å². The van der Waals surface area contributed by atoms with Gasteiger partial charge in [0, 0.05) is 19.4 Å². The molecule has 1 N–H and O–H groups in total. The van der Waals surface area contributed by atoms with Crippen LogP contribution in [0.3, 0.4) is 0 Å². The zero-order valence-electron chi connectivity index (χ0n) is 13.6. The first-order valence-electron chi connectivity index (χ1n) is 7.81. The highest BCUT2D eigenvalue weighted by Crippen LogP contribution is 2.27. The van der Waals surface area contributed by atoms with E-state index in [1.165, 1.54) is 11.6 Å². The molecule has 0 fully saturated rings. The van der Waals surface area contributed by atoms with Crippen molar-refractivity contribution >= 4 is 31.7 Å². The third-order valence-corrected chi connectivity index (χ3v) is 6.60. The minimum Gasteiger partial charge on any atom is -0.285 e. The van der Waals surface area contributed by atoms with Crippen molar-refractivity contribution in [1.29, 1.82) is 0 Å². The van der Waals surface area contributed by atoms with Crippen molar-refractivity contribution < 1.29 is 17.5 Å². The molecular formula is C18H20NO3S2+. The van der Waals surface area contributed by atoms with Gasteiger partial charge in [0.05, 0.1) is 5.25 Å². The van der Waals surface area contributed by atoms with Gasteiger partial charge in [0.2, 0.25) is 10.5 Å². The first kappa shape index (κ1) is 17.1. The second-order valence-corrected chi connectivity index (χ2v) is 9.00. The fraction of sp³-hybridized carbons (Fsp3) is 0.278. The molecule has 1 atom stereocenters. The van der Waals surface area contributed by atoms with Crippen LogP contribution in [0.1, 0.15) is 18.4 Å². The number of hydrogen-bond acceptors (Lipinski definition) is 3. The van der Waals surface area contributed by atoms with Crippen molar-refractivity contribution in [2.75, 3.05) is 0 Å². The summed E-state index contributed by atoms with van der Waals surface area (Å²) in [5.74, 6) is 0. The highest BCUT2D eigenvalue weighted by molar-refractivity contribution is 7.86. The van der Waals surface area contributed by atoms with E-state index in [0.29, 0.717) is 13.0 Å². The van der Waals surface area contributed by atoms with Crippen molar-refractivity contribution in [1.82, 2.24) is 0 Å². The van der Waals surface area contributed by atoms with E-state index < -0.39 is 15.4 Å². The molecule has 0 saturated carbocycles. The van der Waals surface area contributed by atoms with Gasteiger partial charge in [0.25, 0.3) is 10.1 Å². The molecule has 0 aliphatic rings. The summed E-state index contributed by atoms with van der Waals surface area (Å²) in [4.78, 5) is 0. The smallest absolute Gasteiger partial charge is 0.267 e. The maximum absolute atomic E-state index is 11.2. The normalized spacial score (nSPS) is 13.3. The first-order chi connectivity index (χ1) is 11.4. The molecule has 24 heavy (non-hydrogen) atoms. The fourth-order valence-electron chi connectivity index (χ4n) is 2.75. The molecule has 0 aliphatic carbocycles. The van der Waals surface area contributed by atoms with Gasteiger partial charge < -0.3 is 0 Å². The highest BCUT2D eigenvalue weighted by atomic mass is 32.2. The van der Waals surface area contributed by atoms with E-state index in [2.05, 4.69) is 34.9 Å². The SMILES string of the molecule is Cc1sc2ccc(-c3ccccc3)cc2[n+]1CCC(C)S(=O)(=O)O. The molecule has 3 rings (SSSR count). The first-order valence-corrected chi connectivity index (χ1v) is 10.1. The molecule has 1 heterocycles. The molecule has 126 valence electrons. The van der Waals surface area contributed by atoms with Gasteiger partial charge >= 0.3 is 0 Å². The Morgan fingerprint density at radius 1 is 1.12 bits per heavy atom. The van der Waals surface area contributed by atoms with Crippen LogP contribution in [-0.2, 0) is 16.7 Å². The molecular weight excluding hydrogens is 342 g/mol. The van der Waals surface area contributed by atoms with Crippen LogP contribution >= 0.6 is 11.3 Å². The van der Waals surface area contributed by atoms with Gasteiger partial charge in [-0.05, 0) is 24.1 Å². The zero-order chi connectivity index (χ0) is 17.3. The van der Waals surface area contributed by atoms with Crippen molar-refractivity contribution in [2.24, 2.45) is 0 Å². The van der Waals surface area contributed by atoms with E-state index in [9.17, 15) is 8.42 Å². The van der Waals surface area contributed by atoms with Gasteiger partial charge in [-0.15, -0.1) is 0 Å². The summed E-state index contributed by atoms with van der Waals surface area (Å²) in [6, 6.07) is 16.5. The molecule has 0 aliphatic heterocycles. The minimum absolute atomic E-state index is 0.381. The van der Waals surface area contributed by atoms with Crippen LogP contribution in [0.5, 0.6) is 0 Å². The molecule has 0 spiro atoms. The van der Waals surface area contributed by atoms with Gasteiger partial charge in [0.1, 0.15) is 4.70 Å². The number of benzene rings is 2. The number of hydrogen-bond donors (Lipinski definition) is 1. The summed E-state index contributed by atoms with van der Waals surface area (Å²) in [6.45, 7) is 4.13. The average Bonchev–Trinajstić information content (AvgIpc) is 2.87. The molecule has 0 amide bonds. The van der Waals surface area contributed by atoms with Crippen molar-refractivity contribution in [3.05, 3.63) is 53.5 Å². The number of fused-ring (bicyclic) bond motifs is 1. The third-order valence-electron chi connectivity index (χ3n) is 4.26. The number of thiazole rings is 1. The van der Waals surface area contributed by atoms with E-state index in [-0.39, 0.29) is 0 Å². The van der Waals surface area contributed by atoms with Crippen molar-refractivity contribution in [3.8, 4) is 11.1 Å². The van der Waals surface area contributed by atoms with Gasteiger partial charge in [0.15, 0.2) is 6.54 Å².